The van der Waals surface area contributed by atoms with Crippen LogP contribution in [0.3, 0.4) is 0 Å². The number of H-pyrrole nitrogens is 1. The second-order valence-electron chi connectivity index (χ2n) is 3.12. The van der Waals surface area contributed by atoms with E-state index in [1.54, 1.807) is 24.8 Å². The van der Waals surface area contributed by atoms with Crippen molar-refractivity contribution < 1.29 is 9.90 Å². The SMILES string of the molecule is O=C(O)/C=C/c1cnccc1-c1cn[nH]c1. The van der Waals surface area contributed by atoms with Crippen molar-refractivity contribution in [2.45, 2.75) is 0 Å². The van der Waals surface area contributed by atoms with E-state index in [2.05, 4.69) is 15.2 Å². The smallest absolute Gasteiger partial charge is 0.328 e. The van der Waals surface area contributed by atoms with Crippen LogP contribution in [0.1, 0.15) is 5.56 Å². The second-order valence-corrected chi connectivity index (χ2v) is 3.12. The predicted octanol–water partition coefficient (Wildman–Crippen LogP) is 1.57. The molecule has 0 radical (unpaired) electrons. The lowest BCUT2D eigenvalue weighted by Crippen LogP contribution is -1.88. The molecule has 0 aliphatic rings. The summed E-state index contributed by atoms with van der Waals surface area (Å²) in [6.45, 7) is 0. The first-order valence-electron chi connectivity index (χ1n) is 4.61. The molecule has 2 aromatic heterocycles. The fraction of sp³-hybridized carbons (Fsp3) is 0. The van der Waals surface area contributed by atoms with Gasteiger partial charge in [0.2, 0.25) is 0 Å². The Hall–Kier alpha value is -2.43. The van der Waals surface area contributed by atoms with Crippen LogP contribution in [0.15, 0.2) is 36.9 Å². The van der Waals surface area contributed by atoms with Gasteiger partial charge in [-0.2, -0.15) is 5.10 Å². The Morgan fingerprint density at radius 3 is 3.00 bits per heavy atom. The van der Waals surface area contributed by atoms with Crippen LogP contribution in [0.2, 0.25) is 0 Å². The standard InChI is InChI=1S/C11H9N3O2/c15-11(16)2-1-8-5-12-4-3-10(8)9-6-13-14-7-9/h1-7H,(H,13,14)(H,15,16)/b2-1+. The van der Waals surface area contributed by atoms with Crippen LogP contribution in [-0.4, -0.2) is 26.3 Å². The van der Waals surface area contributed by atoms with E-state index in [1.165, 1.54) is 6.08 Å². The summed E-state index contributed by atoms with van der Waals surface area (Å²) in [6.07, 6.45) is 9.28. The number of carbonyl (C=O) groups is 1. The topological polar surface area (TPSA) is 78.9 Å². The Balaban J connectivity index is 2.42. The maximum Gasteiger partial charge on any atom is 0.328 e. The lowest BCUT2D eigenvalue weighted by atomic mass is 10.1. The monoisotopic (exact) mass is 215 g/mol. The first-order chi connectivity index (χ1) is 7.77. The highest BCUT2D eigenvalue weighted by Crippen LogP contribution is 2.22. The highest BCUT2D eigenvalue weighted by molar-refractivity contribution is 5.87. The molecule has 0 atom stereocenters. The second kappa shape index (κ2) is 4.39. The first-order valence-corrected chi connectivity index (χ1v) is 4.61. The third kappa shape index (κ3) is 2.14. The number of hydrogen-bond acceptors (Lipinski definition) is 3. The molecule has 0 fully saturated rings. The van der Waals surface area contributed by atoms with Crippen molar-refractivity contribution in [2.75, 3.05) is 0 Å². The molecule has 80 valence electrons. The van der Waals surface area contributed by atoms with Gasteiger partial charge >= 0.3 is 5.97 Å². The molecule has 2 rings (SSSR count). The van der Waals surface area contributed by atoms with Gasteiger partial charge in [-0.05, 0) is 17.7 Å². The van der Waals surface area contributed by atoms with Crippen molar-refractivity contribution in [1.82, 2.24) is 15.2 Å². The molecule has 0 aliphatic carbocycles. The molecule has 2 N–H and O–H groups in total. The number of aliphatic carboxylic acids is 1. The Kier molecular flexibility index (Phi) is 2.77. The predicted molar refractivity (Wildman–Crippen MR) is 58.5 cm³/mol. The van der Waals surface area contributed by atoms with Crippen molar-refractivity contribution in [3.05, 3.63) is 42.5 Å². The Labute approximate surface area is 91.5 Å². The summed E-state index contributed by atoms with van der Waals surface area (Å²) >= 11 is 0. The molecule has 0 aromatic carbocycles. The highest BCUT2D eigenvalue weighted by Gasteiger charge is 2.03. The van der Waals surface area contributed by atoms with Gasteiger partial charge in [-0.15, -0.1) is 0 Å². The van der Waals surface area contributed by atoms with Gasteiger partial charge in [0, 0.05) is 35.8 Å². The highest BCUT2D eigenvalue weighted by atomic mass is 16.4. The quantitative estimate of drug-likeness (QED) is 0.761. The zero-order valence-corrected chi connectivity index (χ0v) is 8.29. The van der Waals surface area contributed by atoms with E-state index in [0.29, 0.717) is 0 Å². The van der Waals surface area contributed by atoms with Gasteiger partial charge in [0.25, 0.3) is 0 Å². The molecule has 2 aromatic rings. The van der Waals surface area contributed by atoms with Crippen molar-refractivity contribution in [3.63, 3.8) is 0 Å². The van der Waals surface area contributed by atoms with E-state index in [0.717, 1.165) is 22.8 Å². The zero-order chi connectivity index (χ0) is 11.4. The van der Waals surface area contributed by atoms with Crippen LogP contribution < -0.4 is 0 Å². The average molecular weight is 215 g/mol. The molecule has 16 heavy (non-hydrogen) atoms. The molecule has 2 heterocycles. The Morgan fingerprint density at radius 2 is 2.31 bits per heavy atom. The summed E-state index contributed by atoms with van der Waals surface area (Å²) in [5.74, 6) is -0.984. The molecular formula is C11H9N3O2. The van der Waals surface area contributed by atoms with E-state index in [4.69, 9.17) is 5.11 Å². The normalized spacial score (nSPS) is 10.8. The summed E-state index contributed by atoms with van der Waals surface area (Å²) in [7, 11) is 0. The number of aromatic amines is 1. The molecule has 0 unspecified atom stereocenters. The molecule has 0 saturated heterocycles. The molecule has 0 aliphatic heterocycles. The van der Waals surface area contributed by atoms with Crippen LogP contribution in [-0.2, 0) is 4.79 Å². The Bertz CT molecular complexity index is 518. The molecule has 5 heteroatoms. The third-order valence-corrected chi connectivity index (χ3v) is 2.07. The maximum atomic E-state index is 10.4. The van der Waals surface area contributed by atoms with Gasteiger partial charge in [0.15, 0.2) is 0 Å². The van der Waals surface area contributed by atoms with E-state index >= 15 is 0 Å². The van der Waals surface area contributed by atoms with E-state index in [9.17, 15) is 4.79 Å². The van der Waals surface area contributed by atoms with Gasteiger partial charge in [0.05, 0.1) is 6.20 Å². The van der Waals surface area contributed by atoms with Crippen molar-refractivity contribution in [3.8, 4) is 11.1 Å². The maximum absolute atomic E-state index is 10.4. The fourth-order valence-electron chi connectivity index (χ4n) is 1.36. The minimum atomic E-state index is -0.984. The number of pyridine rings is 1. The summed E-state index contributed by atoms with van der Waals surface area (Å²) in [5, 5.41) is 15.1. The third-order valence-electron chi connectivity index (χ3n) is 2.07. The number of carboxylic acid groups (broad SMARTS) is 1. The molecule has 0 saturated carbocycles. The Morgan fingerprint density at radius 1 is 1.44 bits per heavy atom. The summed E-state index contributed by atoms with van der Waals surface area (Å²) in [4.78, 5) is 14.4. The van der Waals surface area contributed by atoms with E-state index in [-0.39, 0.29) is 0 Å². The molecule has 0 spiro atoms. The van der Waals surface area contributed by atoms with Crippen molar-refractivity contribution in [1.29, 1.82) is 0 Å². The molecule has 0 bridgehead atoms. The lowest BCUT2D eigenvalue weighted by Gasteiger charge is -2.01. The largest absolute Gasteiger partial charge is 0.478 e. The lowest BCUT2D eigenvalue weighted by molar-refractivity contribution is -0.131. The van der Waals surface area contributed by atoms with Crippen LogP contribution in [0.5, 0.6) is 0 Å². The van der Waals surface area contributed by atoms with Crippen LogP contribution >= 0.6 is 0 Å². The van der Waals surface area contributed by atoms with E-state index in [1.807, 2.05) is 6.07 Å². The van der Waals surface area contributed by atoms with E-state index < -0.39 is 5.97 Å². The zero-order valence-electron chi connectivity index (χ0n) is 8.29. The number of hydrogen-bond donors (Lipinski definition) is 2. The molecule has 5 nitrogen and oxygen atoms in total. The van der Waals surface area contributed by atoms with Crippen LogP contribution in [0.4, 0.5) is 0 Å². The summed E-state index contributed by atoms with van der Waals surface area (Å²) < 4.78 is 0. The molecule has 0 amide bonds. The average Bonchev–Trinajstić information content (AvgIpc) is 2.80. The van der Waals surface area contributed by atoms with Gasteiger partial charge in [-0.3, -0.25) is 10.1 Å². The number of nitrogens with zero attached hydrogens (tertiary/aromatic N) is 2. The van der Waals surface area contributed by atoms with Gasteiger partial charge in [-0.1, -0.05) is 0 Å². The van der Waals surface area contributed by atoms with Gasteiger partial charge < -0.3 is 5.11 Å². The van der Waals surface area contributed by atoms with Gasteiger partial charge in [-0.25, -0.2) is 4.79 Å². The van der Waals surface area contributed by atoms with Gasteiger partial charge in [0.1, 0.15) is 0 Å². The summed E-state index contributed by atoms with van der Waals surface area (Å²) in [6, 6.07) is 1.81. The number of nitrogens with one attached hydrogen (secondary N) is 1. The van der Waals surface area contributed by atoms with Crippen LogP contribution in [0.25, 0.3) is 17.2 Å². The van der Waals surface area contributed by atoms with Crippen molar-refractivity contribution >= 4 is 12.0 Å². The first kappa shape index (κ1) is 10.1. The van der Waals surface area contributed by atoms with Crippen LogP contribution in [0, 0.1) is 0 Å². The fourth-order valence-corrected chi connectivity index (χ4v) is 1.36. The number of carboxylic acids is 1. The number of rotatable bonds is 3. The molecular weight excluding hydrogens is 206 g/mol. The van der Waals surface area contributed by atoms with Crippen molar-refractivity contribution in [2.24, 2.45) is 0 Å². The summed E-state index contributed by atoms with van der Waals surface area (Å²) in [5.41, 5.74) is 2.53. The number of aromatic nitrogens is 3. The minimum absolute atomic E-state index is 0.742. The minimum Gasteiger partial charge on any atom is -0.478 e.